The Kier molecular flexibility index (Phi) is 2.50. The summed E-state index contributed by atoms with van der Waals surface area (Å²) in [6.45, 7) is 3.22. The van der Waals surface area contributed by atoms with Gasteiger partial charge in [-0.1, -0.05) is 29.3 Å². The molecule has 1 saturated heterocycles. The largest absolute Gasteiger partial charge is 0.313 e. The van der Waals surface area contributed by atoms with Crippen LogP contribution in [0.15, 0.2) is 18.2 Å². The standard InChI is InChI=1S/C10H11Cl2N/c1-6-8(5-13-6)7-2-3-9(11)10(12)4-7/h2-4,6,8,13H,5H2,1H3/t6-,8+/m0/s1. The first-order chi connectivity index (χ1) is 6.18. The van der Waals surface area contributed by atoms with E-state index in [4.69, 9.17) is 23.2 Å². The van der Waals surface area contributed by atoms with E-state index in [9.17, 15) is 0 Å². The van der Waals surface area contributed by atoms with Crippen molar-refractivity contribution in [3.05, 3.63) is 33.8 Å². The minimum Gasteiger partial charge on any atom is -0.313 e. The molecule has 1 fully saturated rings. The molecule has 0 spiro atoms. The van der Waals surface area contributed by atoms with Gasteiger partial charge in [-0.25, -0.2) is 0 Å². The Labute approximate surface area is 88.0 Å². The highest BCUT2D eigenvalue weighted by molar-refractivity contribution is 6.42. The highest BCUT2D eigenvalue weighted by atomic mass is 35.5. The van der Waals surface area contributed by atoms with Crippen molar-refractivity contribution in [2.45, 2.75) is 18.9 Å². The molecule has 0 unspecified atom stereocenters. The molecule has 1 aromatic carbocycles. The Bertz CT molecular complexity index is 325. The van der Waals surface area contributed by atoms with Gasteiger partial charge >= 0.3 is 0 Å². The van der Waals surface area contributed by atoms with E-state index in [-0.39, 0.29) is 0 Å². The number of halogens is 2. The molecule has 0 radical (unpaired) electrons. The van der Waals surface area contributed by atoms with E-state index in [0.29, 0.717) is 22.0 Å². The first kappa shape index (κ1) is 9.32. The second kappa shape index (κ2) is 3.49. The second-order valence-corrected chi connectivity index (χ2v) is 4.29. The highest BCUT2D eigenvalue weighted by Gasteiger charge is 2.27. The lowest BCUT2D eigenvalue weighted by Gasteiger charge is -2.36. The lowest BCUT2D eigenvalue weighted by atomic mass is 9.86. The molecule has 0 bridgehead atoms. The third-order valence-electron chi connectivity index (χ3n) is 2.64. The van der Waals surface area contributed by atoms with Crippen LogP contribution < -0.4 is 5.32 Å². The summed E-state index contributed by atoms with van der Waals surface area (Å²) in [7, 11) is 0. The maximum absolute atomic E-state index is 5.93. The average molecular weight is 216 g/mol. The van der Waals surface area contributed by atoms with E-state index >= 15 is 0 Å². The summed E-state index contributed by atoms with van der Waals surface area (Å²) in [6.07, 6.45) is 0. The highest BCUT2D eigenvalue weighted by Crippen LogP contribution is 2.30. The third-order valence-corrected chi connectivity index (χ3v) is 3.37. The molecule has 1 heterocycles. The van der Waals surface area contributed by atoms with E-state index in [0.717, 1.165) is 6.54 Å². The fourth-order valence-corrected chi connectivity index (χ4v) is 1.93. The van der Waals surface area contributed by atoms with Crippen molar-refractivity contribution in [1.82, 2.24) is 5.32 Å². The predicted molar refractivity (Wildman–Crippen MR) is 56.7 cm³/mol. The Morgan fingerprint density at radius 3 is 2.54 bits per heavy atom. The van der Waals surface area contributed by atoms with E-state index < -0.39 is 0 Å². The Hall–Kier alpha value is -0.240. The van der Waals surface area contributed by atoms with Crippen LogP contribution in [0.4, 0.5) is 0 Å². The SMILES string of the molecule is C[C@@H]1NC[C@H]1c1ccc(Cl)c(Cl)c1. The molecule has 70 valence electrons. The minimum atomic E-state index is 0.553. The minimum absolute atomic E-state index is 0.553. The number of nitrogens with one attached hydrogen (secondary N) is 1. The smallest absolute Gasteiger partial charge is 0.0595 e. The summed E-state index contributed by atoms with van der Waals surface area (Å²) >= 11 is 11.8. The first-order valence-corrected chi connectivity index (χ1v) is 5.12. The van der Waals surface area contributed by atoms with E-state index in [1.807, 2.05) is 12.1 Å². The van der Waals surface area contributed by atoms with Crippen LogP contribution in [0.2, 0.25) is 10.0 Å². The zero-order chi connectivity index (χ0) is 9.42. The summed E-state index contributed by atoms with van der Waals surface area (Å²) in [6, 6.07) is 6.43. The van der Waals surface area contributed by atoms with Gasteiger partial charge < -0.3 is 5.32 Å². The zero-order valence-corrected chi connectivity index (χ0v) is 8.86. The summed E-state index contributed by atoms with van der Waals surface area (Å²) in [5.41, 5.74) is 1.28. The maximum atomic E-state index is 5.93. The van der Waals surface area contributed by atoms with E-state index in [2.05, 4.69) is 18.3 Å². The van der Waals surface area contributed by atoms with Gasteiger partial charge in [-0.05, 0) is 24.6 Å². The van der Waals surface area contributed by atoms with Crippen LogP contribution in [0.1, 0.15) is 18.4 Å². The molecule has 0 aliphatic carbocycles. The van der Waals surface area contributed by atoms with Crippen LogP contribution in [0.25, 0.3) is 0 Å². The van der Waals surface area contributed by atoms with Crippen molar-refractivity contribution in [3.63, 3.8) is 0 Å². The van der Waals surface area contributed by atoms with Crippen molar-refractivity contribution in [2.24, 2.45) is 0 Å². The lowest BCUT2D eigenvalue weighted by Crippen LogP contribution is -2.48. The molecule has 13 heavy (non-hydrogen) atoms. The maximum Gasteiger partial charge on any atom is 0.0595 e. The Balaban J connectivity index is 2.26. The number of rotatable bonds is 1. The molecular weight excluding hydrogens is 205 g/mol. The van der Waals surface area contributed by atoms with Gasteiger partial charge in [0.05, 0.1) is 10.0 Å². The van der Waals surface area contributed by atoms with Gasteiger partial charge in [0.2, 0.25) is 0 Å². The summed E-state index contributed by atoms with van der Waals surface area (Å²) < 4.78 is 0. The van der Waals surface area contributed by atoms with Crippen LogP contribution in [0, 0.1) is 0 Å². The van der Waals surface area contributed by atoms with Crippen molar-refractivity contribution in [2.75, 3.05) is 6.54 Å². The fourth-order valence-electron chi connectivity index (χ4n) is 1.62. The molecule has 0 saturated carbocycles. The summed E-state index contributed by atoms with van der Waals surface area (Å²) in [4.78, 5) is 0. The molecule has 1 N–H and O–H groups in total. The van der Waals surface area contributed by atoms with Crippen LogP contribution in [0.5, 0.6) is 0 Å². The average Bonchev–Trinajstić information content (AvgIpc) is 2.09. The van der Waals surface area contributed by atoms with E-state index in [1.54, 1.807) is 0 Å². The summed E-state index contributed by atoms with van der Waals surface area (Å²) in [5, 5.41) is 4.60. The lowest BCUT2D eigenvalue weighted by molar-refractivity contribution is 0.334. The molecular formula is C10H11Cl2N. The van der Waals surface area contributed by atoms with Crippen LogP contribution >= 0.6 is 23.2 Å². The molecule has 2 rings (SSSR count). The topological polar surface area (TPSA) is 12.0 Å². The van der Waals surface area contributed by atoms with Crippen LogP contribution in [0.3, 0.4) is 0 Å². The van der Waals surface area contributed by atoms with Gasteiger partial charge in [0, 0.05) is 18.5 Å². The fraction of sp³-hybridized carbons (Fsp3) is 0.400. The van der Waals surface area contributed by atoms with Crippen molar-refractivity contribution in [3.8, 4) is 0 Å². The third kappa shape index (κ3) is 1.69. The quantitative estimate of drug-likeness (QED) is 0.760. The molecule has 2 atom stereocenters. The van der Waals surface area contributed by atoms with Crippen LogP contribution in [-0.2, 0) is 0 Å². The van der Waals surface area contributed by atoms with Gasteiger partial charge in [-0.2, -0.15) is 0 Å². The first-order valence-electron chi connectivity index (χ1n) is 4.37. The molecule has 1 nitrogen and oxygen atoms in total. The monoisotopic (exact) mass is 215 g/mol. The Morgan fingerprint density at radius 2 is 2.08 bits per heavy atom. The zero-order valence-electron chi connectivity index (χ0n) is 7.35. The molecule has 0 aromatic heterocycles. The van der Waals surface area contributed by atoms with E-state index in [1.165, 1.54) is 5.56 Å². The van der Waals surface area contributed by atoms with Crippen molar-refractivity contribution >= 4 is 23.2 Å². The van der Waals surface area contributed by atoms with Crippen molar-refractivity contribution in [1.29, 1.82) is 0 Å². The Morgan fingerprint density at radius 1 is 1.31 bits per heavy atom. The molecule has 1 aromatic rings. The predicted octanol–water partition coefficient (Wildman–Crippen LogP) is 3.07. The number of benzene rings is 1. The van der Waals surface area contributed by atoms with Gasteiger partial charge in [0.15, 0.2) is 0 Å². The summed E-state index contributed by atoms with van der Waals surface area (Å²) in [5.74, 6) is 0.592. The van der Waals surface area contributed by atoms with Crippen molar-refractivity contribution < 1.29 is 0 Å². The van der Waals surface area contributed by atoms with Crippen LogP contribution in [-0.4, -0.2) is 12.6 Å². The molecule has 1 aliphatic heterocycles. The second-order valence-electron chi connectivity index (χ2n) is 3.48. The molecule has 3 heteroatoms. The molecule has 1 aliphatic rings. The molecule has 0 amide bonds. The van der Waals surface area contributed by atoms with Gasteiger partial charge in [0.25, 0.3) is 0 Å². The normalized spacial score (nSPS) is 27.0. The van der Waals surface area contributed by atoms with Gasteiger partial charge in [-0.15, -0.1) is 0 Å². The van der Waals surface area contributed by atoms with Gasteiger partial charge in [-0.3, -0.25) is 0 Å². The number of hydrogen-bond acceptors (Lipinski definition) is 1. The van der Waals surface area contributed by atoms with Gasteiger partial charge in [0.1, 0.15) is 0 Å². The number of hydrogen-bond donors (Lipinski definition) is 1.